The number of pyridine rings is 1. The van der Waals surface area contributed by atoms with Crippen LogP contribution in [-0.2, 0) is 11.5 Å². The molecular weight excluding hydrogens is 311 g/mol. The summed E-state index contributed by atoms with van der Waals surface area (Å²) in [5, 5.41) is 8.43. The average Bonchev–Trinajstić information content (AvgIpc) is 2.25. The van der Waals surface area contributed by atoms with E-state index in [1.165, 1.54) is 0 Å². The molecule has 0 N–H and O–H groups in total. The zero-order chi connectivity index (χ0) is 13.2. The molecule has 92 valence electrons. The van der Waals surface area contributed by atoms with E-state index in [4.69, 9.17) is 5.26 Å². The third kappa shape index (κ3) is 2.91. The lowest BCUT2D eigenvalue weighted by atomic mass is 10.1. The molecule has 0 aliphatic carbocycles. The first-order valence-electron chi connectivity index (χ1n) is 4.16. The molecule has 17 heavy (non-hydrogen) atoms. The maximum atomic E-state index is 12.6. The summed E-state index contributed by atoms with van der Waals surface area (Å²) in [7, 11) is 0. The summed E-state index contributed by atoms with van der Waals surface area (Å²) >= 11 is 2.83. The van der Waals surface area contributed by atoms with Crippen molar-refractivity contribution >= 4 is 15.9 Å². The third-order valence-electron chi connectivity index (χ3n) is 1.86. The minimum Gasteiger partial charge on any atom is -0.250 e. The molecule has 0 unspecified atom stereocenters. The van der Waals surface area contributed by atoms with Crippen LogP contribution in [0, 0.1) is 11.3 Å². The standard InChI is InChI=1S/C9H4BrF5N2/c10-2-4-1-6(9(13,14)15)5(3-16)7(17-4)8(11)12/h1,8H,2H2. The Morgan fingerprint density at radius 1 is 1.41 bits per heavy atom. The zero-order valence-corrected chi connectivity index (χ0v) is 9.61. The van der Waals surface area contributed by atoms with Crippen LogP contribution in [0.4, 0.5) is 22.0 Å². The molecule has 0 aliphatic heterocycles. The Morgan fingerprint density at radius 3 is 2.35 bits per heavy atom. The maximum absolute atomic E-state index is 12.6. The van der Waals surface area contributed by atoms with Gasteiger partial charge in [-0.15, -0.1) is 0 Å². The maximum Gasteiger partial charge on any atom is 0.417 e. The minimum absolute atomic E-state index is 0.110. The lowest BCUT2D eigenvalue weighted by Crippen LogP contribution is -2.13. The predicted octanol–water partition coefficient (Wildman–Crippen LogP) is 3.80. The summed E-state index contributed by atoms with van der Waals surface area (Å²) in [6.07, 6.45) is -8.10. The molecule has 1 aromatic rings. The van der Waals surface area contributed by atoms with Crippen LogP contribution < -0.4 is 0 Å². The molecule has 2 nitrogen and oxygen atoms in total. The minimum atomic E-state index is -4.87. The van der Waals surface area contributed by atoms with Gasteiger partial charge in [-0.05, 0) is 6.07 Å². The predicted molar refractivity (Wildman–Crippen MR) is 51.5 cm³/mol. The van der Waals surface area contributed by atoms with Gasteiger partial charge in [0.25, 0.3) is 6.43 Å². The summed E-state index contributed by atoms with van der Waals surface area (Å²) in [6.45, 7) is 0. The van der Waals surface area contributed by atoms with Crippen LogP contribution in [0.25, 0.3) is 0 Å². The Labute approximate surface area is 101 Å². The van der Waals surface area contributed by atoms with Crippen molar-refractivity contribution in [1.29, 1.82) is 5.26 Å². The van der Waals surface area contributed by atoms with Gasteiger partial charge in [-0.1, -0.05) is 15.9 Å². The quantitative estimate of drug-likeness (QED) is 0.615. The Bertz CT molecular complexity index is 464. The number of nitriles is 1. The van der Waals surface area contributed by atoms with Crippen LogP contribution in [0.15, 0.2) is 6.07 Å². The van der Waals surface area contributed by atoms with Crippen molar-refractivity contribution < 1.29 is 22.0 Å². The summed E-state index contributed by atoms with van der Waals surface area (Å²) < 4.78 is 62.7. The number of nitrogens with zero attached hydrogens (tertiary/aromatic N) is 2. The van der Waals surface area contributed by atoms with Gasteiger partial charge in [-0.3, -0.25) is 0 Å². The van der Waals surface area contributed by atoms with Crippen molar-refractivity contribution in [1.82, 2.24) is 4.98 Å². The van der Waals surface area contributed by atoms with E-state index in [9.17, 15) is 22.0 Å². The number of hydrogen-bond acceptors (Lipinski definition) is 2. The first kappa shape index (κ1) is 13.8. The van der Waals surface area contributed by atoms with Crippen LogP contribution >= 0.6 is 15.9 Å². The van der Waals surface area contributed by atoms with Gasteiger partial charge in [0.1, 0.15) is 11.8 Å². The molecule has 0 saturated heterocycles. The van der Waals surface area contributed by atoms with E-state index < -0.39 is 29.4 Å². The van der Waals surface area contributed by atoms with E-state index in [-0.39, 0.29) is 11.0 Å². The highest BCUT2D eigenvalue weighted by Crippen LogP contribution is 2.35. The molecule has 8 heteroatoms. The monoisotopic (exact) mass is 314 g/mol. The van der Waals surface area contributed by atoms with Gasteiger partial charge in [0.05, 0.1) is 16.8 Å². The second kappa shape index (κ2) is 4.96. The molecule has 1 aromatic heterocycles. The Balaban J connectivity index is 3.58. The number of rotatable bonds is 2. The molecular formula is C9H4BrF5N2. The largest absolute Gasteiger partial charge is 0.417 e. The van der Waals surface area contributed by atoms with Crippen molar-refractivity contribution in [3.63, 3.8) is 0 Å². The molecule has 1 heterocycles. The molecule has 0 fully saturated rings. The van der Waals surface area contributed by atoms with Crippen molar-refractivity contribution in [3.05, 3.63) is 28.6 Å². The highest BCUT2D eigenvalue weighted by Gasteiger charge is 2.37. The highest BCUT2D eigenvalue weighted by molar-refractivity contribution is 9.08. The fourth-order valence-corrected chi connectivity index (χ4v) is 1.47. The SMILES string of the molecule is N#Cc1c(C(F)(F)F)cc(CBr)nc1C(F)F. The highest BCUT2D eigenvalue weighted by atomic mass is 79.9. The van der Waals surface area contributed by atoms with Crippen molar-refractivity contribution in [2.45, 2.75) is 17.9 Å². The van der Waals surface area contributed by atoms with E-state index in [1.807, 2.05) is 0 Å². The fourth-order valence-electron chi connectivity index (χ4n) is 1.19. The van der Waals surface area contributed by atoms with E-state index in [0.29, 0.717) is 6.07 Å². The van der Waals surface area contributed by atoms with Crippen molar-refractivity contribution in [2.75, 3.05) is 0 Å². The second-order valence-electron chi connectivity index (χ2n) is 2.97. The van der Waals surface area contributed by atoms with Crippen molar-refractivity contribution in [3.8, 4) is 6.07 Å². The first-order valence-corrected chi connectivity index (χ1v) is 5.28. The number of alkyl halides is 6. The van der Waals surface area contributed by atoms with Crippen LogP contribution in [0.5, 0.6) is 0 Å². The normalized spacial score (nSPS) is 11.6. The van der Waals surface area contributed by atoms with Crippen LogP contribution in [0.3, 0.4) is 0 Å². The van der Waals surface area contributed by atoms with Gasteiger partial charge in [0.15, 0.2) is 0 Å². The van der Waals surface area contributed by atoms with Crippen LogP contribution in [0.2, 0.25) is 0 Å². The summed E-state index contributed by atoms with van der Waals surface area (Å²) in [5.41, 5.74) is -3.86. The number of halogens is 6. The van der Waals surface area contributed by atoms with Crippen LogP contribution in [0.1, 0.15) is 28.9 Å². The molecule has 0 spiro atoms. The lowest BCUT2D eigenvalue weighted by Gasteiger charge is -2.12. The van der Waals surface area contributed by atoms with E-state index in [1.54, 1.807) is 0 Å². The molecule has 0 saturated carbocycles. The molecule has 0 bridgehead atoms. The van der Waals surface area contributed by atoms with E-state index in [2.05, 4.69) is 20.9 Å². The molecule has 0 aliphatic rings. The second-order valence-corrected chi connectivity index (χ2v) is 3.53. The van der Waals surface area contributed by atoms with Gasteiger partial charge in [-0.2, -0.15) is 18.4 Å². The third-order valence-corrected chi connectivity index (χ3v) is 2.44. The number of aromatic nitrogens is 1. The summed E-state index contributed by atoms with van der Waals surface area (Å²) in [6, 6.07) is 1.71. The zero-order valence-electron chi connectivity index (χ0n) is 8.02. The topological polar surface area (TPSA) is 36.7 Å². The summed E-state index contributed by atoms with van der Waals surface area (Å²) in [4.78, 5) is 3.32. The molecule has 0 radical (unpaired) electrons. The van der Waals surface area contributed by atoms with Gasteiger partial charge in [0.2, 0.25) is 0 Å². The van der Waals surface area contributed by atoms with Gasteiger partial charge in [-0.25, -0.2) is 13.8 Å². The van der Waals surface area contributed by atoms with Gasteiger partial charge in [0, 0.05) is 5.33 Å². The Hall–Kier alpha value is -1.23. The Morgan fingerprint density at radius 2 is 2.00 bits per heavy atom. The lowest BCUT2D eigenvalue weighted by molar-refractivity contribution is -0.138. The molecule has 0 amide bonds. The van der Waals surface area contributed by atoms with Crippen molar-refractivity contribution in [2.24, 2.45) is 0 Å². The molecule has 0 aromatic carbocycles. The van der Waals surface area contributed by atoms with E-state index >= 15 is 0 Å². The van der Waals surface area contributed by atoms with Gasteiger partial charge < -0.3 is 0 Å². The fraction of sp³-hybridized carbons (Fsp3) is 0.333. The first-order chi connectivity index (χ1) is 7.81. The Kier molecular flexibility index (Phi) is 4.03. The molecule has 1 rings (SSSR count). The smallest absolute Gasteiger partial charge is 0.250 e. The average molecular weight is 315 g/mol. The van der Waals surface area contributed by atoms with E-state index in [0.717, 1.165) is 6.07 Å². The molecule has 0 atom stereocenters. The van der Waals surface area contributed by atoms with Gasteiger partial charge >= 0.3 is 6.18 Å². The summed E-state index contributed by atoms with van der Waals surface area (Å²) in [5.74, 6) is 0. The van der Waals surface area contributed by atoms with Crippen LogP contribution in [-0.4, -0.2) is 4.98 Å². The number of hydrogen-bond donors (Lipinski definition) is 0.